The number of amides is 2. The average molecular weight is 330 g/mol. The van der Waals surface area contributed by atoms with Crippen molar-refractivity contribution >= 4 is 6.03 Å². The van der Waals surface area contributed by atoms with E-state index >= 15 is 0 Å². The minimum atomic E-state index is -2.92. The summed E-state index contributed by atoms with van der Waals surface area (Å²) in [6, 6.07) is 4.34. The number of ether oxygens (including phenoxy) is 1. The third-order valence-corrected chi connectivity index (χ3v) is 3.21. The normalized spacial score (nSPS) is 12.4. The molecule has 1 unspecified atom stereocenters. The molecule has 1 rings (SSSR count). The summed E-state index contributed by atoms with van der Waals surface area (Å²) in [7, 11) is 0. The summed E-state index contributed by atoms with van der Waals surface area (Å²) in [5.74, 6) is 0.0394. The highest BCUT2D eigenvalue weighted by Gasteiger charge is 2.19. The molecule has 1 aromatic rings. The number of urea groups is 1. The number of benzene rings is 1. The molecule has 23 heavy (non-hydrogen) atoms. The number of aryl methyl sites for hydroxylation is 1. The van der Waals surface area contributed by atoms with Crippen molar-refractivity contribution in [3.8, 4) is 5.75 Å². The fraction of sp³-hybridized carbons (Fsp3) is 0.562. The summed E-state index contributed by atoms with van der Waals surface area (Å²) in [6.45, 7) is 4.42. The first kappa shape index (κ1) is 19.2. The van der Waals surface area contributed by atoms with E-state index in [4.69, 9.17) is 0 Å². The second-order valence-corrected chi connectivity index (χ2v) is 5.74. The topological polar surface area (TPSA) is 61.8 Å². The molecule has 1 atom stereocenters. The number of nitrogens with zero attached hydrogens (tertiary/aromatic N) is 1. The molecule has 0 aromatic heterocycles. The lowest BCUT2D eigenvalue weighted by atomic mass is 10.1. The van der Waals surface area contributed by atoms with E-state index in [0.29, 0.717) is 5.56 Å². The number of rotatable bonds is 7. The molecule has 0 saturated carbocycles. The second kappa shape index (κ2) is 8.67. The zero-order valence-electron chi connectivity index (χ0n) is 13.8. The predicted molar refractivity (Wildman–Crippen MR) is 83.6 cm³/mol. The van der Waals surface area contributed by atoms with Crippen LogP contribution in [0.2, 0.25) is 0 Å². The van der Waals surface area contributed by atoms with Gasteiger partial charge in [-0.25, -0.2) is 4.79 Å². The Balaban J connectivity index is 2.79. The number of hydrogen-bond donors (Lipinski definition) is 2. The van der Waals surface area contributed by atoms with Gasteiger partial charge < -0.3 is 20.1 Å². The highest BCUT2D eigenvalue weighted by atomic mass is 19.3. The Morgan fingerprint density at radius 1 is 1.35 bits per heavy atom. The monoisotopic (exact) mass is 330 g/mol. The highest BCUT2D eigenvalue weighted by Crippen LogP contribution is 2.22. The van der Waals surface area contributed by atoms with Gasteiger partial charge in [0.2, 0.25) is 0 Å². The largest absolute Gasteiger partial charge is 0.434 e. The maximum absolute atomic E-state index is 12.4. The number of aliphatic hydroxyl groups is 1. The zero-order valence-corrected chi connectivity index (χ0v) is 13.8. The van der Waals surface area contributed by atoms with Crippen molar-refractivity contribution in [1.82, 2.24) is 10.2 Å². The van der Waals surface area contributed by atoms with Crippen LogP contribution in [0.4, 0.5) is 13.6 Å². The molecule has 0 aliphatic heterocycles. The molecule has 1 aromatic carbocycles. The van der Waals surface area contributed by atoms with Gasteiger partial charge in [-0.15, -0.1) is 0 Å². The summed E-state index contributed by atoms with van der Waals surface area (Å²) in [4.78, 5) is 13.7. The van der Waals surface area contributed by atoms with Crippen LogP contribution in [0.25, 0.3) is 0 Å². The molecule has 0 aliphatic carbocycles. The standard InChI is InChI=1S/C16H24F2N2O3/c1-10(2)20(9-12(4)21)16(22)19-8-13-7-11(3)5-6-14(13)23-15(17)18/h5-7,10,12,15,21H,8-9H2,1-4H3,(H,19,22). The lowest BCUT2D eigenvalue weighted by Crippen LogP contribution is -2.46. The molecule has 130 valence electrons. The number of nitrogens with one attached hydrogen (secondary N) is 1. The van der Waals surface area contributed by atoms with Gasteiger partial charge in [-0.1, -0.05) is 17.7 Å². The van der Waals surface area contributed by atoms with Crippen LogP contribution < -0.4 is 10.1 Å². The third-order valence-electron chi connectivity index (χ3n) is 3.21. The van der Waals surface area contributed by atoms with E-state index in [1.807, 2.05) is 20.8 Å². The van der Waals surface area contributed by atoms with Crippen molar-refractivity contribution in [3.63, 3.8) is 0 Å². The van der Waals surface area contributed by atoms with Crippen LogP contribution in [0.5, 0.6) is 5.75 Å². The molecular formula is C16H24F2N2O3. The van der Waals surface area contributed by atoms with Gasteiger partial charge in [-0.05, 0) is 33.8 Å². The molecule has 0 fully saturated rings. The molecule has 2 N–H and O–H groups in total. The molecule has 0 radical (unpaired) electrons. The first-order valence-electron chi connectivity index (χ1n) is 7.47. The van der Waals surface area contributed by atoms with Crippen molar-refractivity contribution in [3.05, 3.63) is 29.3 Å². The molecular weight excluding hydrogens is 306 g/mol. The quantitative estimate of drug-likeness (QED) is 0.808. The third kappa shape index (κ3) is 6.40. The van der Waals surface area contributed by atoms with Gasteiger partial charge in [-0.3, -0.25) is 0 Å². The Bertz CT molecular complexity index is 522. The first-order chi connectivity index (χ1) is 10.7. The van der Waals surface area contributed by atoms with Crippen LogP contribution in [0.1, 0.15) is 31.9 Å². The molecule has 2 amide bonds. The SMILES string of the molecule is Cc1ccc(OC(F)F)c(CNC(=O)N(CC(C)O)C(C)C)c1. The van der Waals surface area contributed by atoms with E-state index in [-0.39, 0.29) is 30.9 Å². The minimum Gasteiger partial charge on any atom is -0.434 e. The lowest BCUT2D eigenvalue weighted by Gasteiger charge is -2.28. The maximum Gasteiger partial charge on any atom is 0.387 e. The number of carbonyl (C=O) groups is 1. The Hall–Kier alpha value is -1.89. The van der Waals surface area contributed by atoms with Crippen LogP contribution in [0, 0.1) is 6.92 Å². The van der Waals surface area contributed by atoms with Gasteiger partial charge in [0.1, 0.15) is 5.75 Å². The van der Waals surface area contributed by atoms with Crippen molar-refractivity contribution in [1.29, 1.82) is 0 Å². The summed E-state index contributed by atoms with van der Waals surface area (Å²) in [6.07, 6.45) is -0.653. The van der Waals surface area contributed by atoms with Gasteiger partial charge in [0.15, 0.2) is 0 Å². The van der Waals surface area contributed by atoms with Gasteiger partial charge in [-0.2, -0.15) is 8.78 Å². The van der Waals surface area contributed by atoms with Crippen LogP contribution in [-0.2, 0) is 6.54 Å². The van der Waals surface area contributed by atoms with Gasteiger partial charge in [0.25, 0.3) is 0 Å². The van der Waals surface area contributed by atoms with Gasteiger partial charge >= 0.3 is 12.6 Å². The van der Waals surface area contributed by atoms with Crippen molar-refractivity contribution in [2.24, 2.45) is 0 Å². The molecule has 0 heterocycles. The molecule has 0 bridgehead atoms. The predicted octanol–water partition coefficient (Wildman–Crippen LogP) is 2.90. The van der Waals surface area contributed by atoms with E-state index in [2.05, 4.69) is 10.1 Å². The van der Waals surface area contributed by atoms with Crippen molar-refractivity contribution < 1.29 is 23.4 Å². The van der Waals surface area contributed by atoms with E-state index in [1.165, 1.54) is 11.0 Å². The van der Waals surface area contributed by atoms with E-state index in [0.717, 1.165) is 5.56 Å². The van der Waals surface area contributed by atoms with Crippen LogP contribution in [-0.4, -0.2) is 41.3 Å². The summed E-state index contributed by atoms with van der Waals surface area (Å²) in [5.41, 5.74) is 1.35. The number of carbonyl (C=O) groups excluding carboxylic acids is 1. The second-order valence-electron chi connectivity index (χ2n) is 5.74. The summed E-state index contributed by atoms with van der Waals surface area (Å²) >= 11 is 0. The first-order valence-corrected chi connectivity index (χ1v) is 7.47. The van der Waals surface area contributed by atoms with Gasteiger partial charge in [0, 0.05) is 24.7 Å². The molecule has 7 heteroatoms. The van der Waals surface area contributed by atoms with E-state index in [9.17, 15) is 18.7 Å². The van der Waals surface area contributed by atoms with Crippen molar-refractivity contribution in [2.75, 3.05) is 6.54 Å². The fourth-order valence-electron chi connectivity index (χ4n) is 2.14. The van der Waals surface area contributed by atoms with Crippen LogP contribution in [0.3, 0.4) is 0 Å². The fourth-order valence-corrected chi connectivity index (χ4v) is 2.14. The van der Waals surface area contributed by atoms with Gasteiger partial charge in [0.05, 0.1) is 6.10 Å². The zero-order chi connectivity index (χ0) is 17.6. The minimum absolute atomic E-state index is 0.0394. The average Bonchev–Trinajstić information content (AvgIpc) is 2.43. The molecule has 0 saturated heterocycles. The molecule has 5 nitrogen and oxygen atoms in total. The molecule has 0 spiro atoms. The Morgan fingerprint density at radius 2 is 2.00 bits per heavy atom. The van der Waals surface area contributed by atoms with Crippen LogP contribution in [0.15, 0.2) is 18.2 Å². The highest BCUT2D eigenvalue weighted by molar-refractivity contribution is 5.74. The Kier molecular flexibility index (Phi) is 7.22. The number of halogens is 2. The summed E-state index contributed by atoms with van der Waals surface area (Å²) in [5, 5.41) is 12.1. The smallest absolute Gasteiger partial charge is 0.387 e. The molecule has 0 aliphatic rings. The summed E-state index contributed by atoms with van der Waals surface area (Å²) < 4.78 is 29.3. The van der Waals surface area contributed by atoms with Crippen LogP contribution >= 0.6 is 0 Å². The maximum atomic E-state index is 12.4. The number of aliphatic hydroxyl groups excluding tert-OH is 1. The van der Waals surface area contributed by atoms with Crippen molar-refractivity contribution in [2.45, 2.75) is 53.0 Å². The van der Waals surface area contributed by atoms with E-state index in [1.54, 1.807) is 19.1 Å². The lowest BCUT2D eigenvalue weighted by molar-refractivity contribution is -0.0504. The number of alkyl halides is 2. The number of hydrogen-bond acceptors (Lipinski definition) is 3. The van der Waals surface area contributed by atoms with E-state index < -0.39 is 12.7 Å². The Morgan fingerprint density at radius 3 is 2.52 bits per heavy atom. The Labute approximate surface area is 135 Å².